The average molecular weight is 710 g/mol. The second-order valence-electron chi connectivity index (χ2n) is 7.99. The minimum absolute atomic E-state index is 0.107. The Hall–Kier alpha value is -3.31. The van der Waals surface area contributed by atoms with Crippen LogP contribution < -0.4 is 0 Å². The van der Waals surface area contributed by atoms with Crippen molar-refractivity contribution in [1.29, 1.82) is 0 Å². The quantitative estimate of drug-likeness (QED) is 0.0255. The van der Waals surface area contributed by atoms with Crippen molar-refractivity contribution in [2.75, 3.05) is 11.5 Å². The molecule has 0 aliphatic carbocycles. The van der Waals surface area contributed by atoms with Gasteiger partial charge in [-0.2, -0.15) is 8.42 Å². The van der Waals surface area contributed by atoms with Gasteiger partial charge in [-0.05, 0) is 46.6 Å². The zero-order valence-corrected chi connectivity index (χ0v) is 26.4. The summed E-state index contributed by atoms with van der Waals surface area (Å²) in [4.78, 5) is 64.1. The van der Waals surface area contributed by atoms with Crippen LogP contribution in [0, 0.1) is 20.2 Å². The van der Waals surface area contributed by atoms with Crippen molar-refractivity contribution in [3.05, 3.63) is 56.9 Å². The van der Waals surface area contributed by atoms with E-state index in [4.69, 9.17) is 9.29 Å². The molecule has 2 aromatic rings. The van der Waals surface area contributed by atoms with Crippen molar-refractivity contribution in [2.24, 2.45) is 4.40 Å². The standard InChI is InChI=1S/C22H23N5O12S5/c28-20(3-1-11-40-42-18-8-5-15(13-23-18)26(31)32)38-17(25-44(35,36)37)7-10-22(30)39-21(29)4-2-12-41-43-19-9-6-16(14-24-19)27(33)34/h5-6,8-9,13-14H,1-4,7,10-12H2,(H,35,36,37). The molecule has 0 radical (unpaired) electrons. The highest BCUT2D eigenvalue weighted by Crippen LogP contribution is 2.31. The van der Waals surface area contributed by atoms with E-state index in [1.165, 1.54) is 67.4 Å². The maximum atomic E-state index is 12.1. The summed E-state index contributed by atoms with van der Waals surface area (Å²) in [5, 5.41) is 22.4. The molecule has 0 atom stereocenters. The summed E-state index contributed by atoms with van der Waals surface area (Å²) in [6, 6.07) is 5.59. The van der Waals surface area contributed by atoms with Gasteiger partial charge in [-0.25, -0.2) is 9.97 Å². The number of hydrogen-bond acceptors (Lipinski definition) is 17. The number of carbonyl (C=O) groups is 3. The minimum atomic E-state index is -4.96. The number of esters is 3. The van der Waals surface area contributed by atoms with E-state index >= 15 is 0 Å². The first-order chi connectivity index (χ1) is 20.8. The third-order valence-electron chi connectivity index (χ3n) is 4.59. The molecule has 1 N–H and O–H groups in total. The molecule has 0 spiro atoms. The monoisotopic (exact) mass is 709 g/mol. The Morgan fingerprint density at radius 3 is 1.64 bits per heavy atom. The maximum absolute atomic E-state index is 12.1. The van der Waals surface area contributed by atoms with Crippen LogP contribution in [0.3, 0.4) is 0 Å². The minimum Gasteiger partial charge on any atom is -0.411 e. The van der Waals surface area contributed by atoms with Gasteiger partial charge in [-0.3, -0.25) is 39.2 Å². The van der Waals surface area contributed by atoms with Crippen molar-refractivity contribution >= 4 is 88.7 Å². The highest BCUT2D eigenvalue weighted by molar-refractivity contribution is 8.77. The normalized spacial score (nSPS) is 11.5. The summed E-state index contributed by atoms with van der Waals surface area (Å²) >= 11 is 0. The van der Waals surface area contributed by atoms with Crippen LogP contribution in [0.2, 0.25) is 0 Å². The number of nitro groups is 2. The lowest BCUT2D eigenvalue weighted by Gasteiger charge is -2.07. The van der Waals surface area contributed by atoms with Gasteiger partial charge in [0.15, 0.2) is 0 Å². The average Bonchev–Trinajstić information content (AvgIpc) is 2.95. The summed E-state index contributed by atoms with van der Waals surface area (Å²) < 4.78 is 43.8. The molecule has 0 aliphatic rings. The first kappa shape index (κ1) is 36.9. The molecule has 2 aromatic heterocycles. The van der Waals surface area contributed by atoms with Gasteiger partial charge in [0.1, 0.15) is 22.4 Å². The molecule has 17 nitrogen and oxygen atoms in total. The molecule has 0 aliphatic heterocycles. The van der Waals surface area contributed by atoms with E-state index < -0.39 is 56.8 Å². The highest BCUT2D eigenvalue weighted by Gasteiger charge is 2.17. The first-order valence-electron chi connectivity index (χ1n) is 12.1. The summed E-state index contributed by atoms with van der Waals surface area (Å²) in [6.07, 6.45) is 1.49. The van der Waals surface area contributed by atoms with Gasteiger partial charge in [0.05, 0.1) is 16.3 Å². The fourth-order valence-corrected chi connectivity index (χ4v) is 6.96. The predicted octanol–water partition coefficient (Wildman–Crippen LogP) is 4.63. The molecule has 22 heteroatoms. The SMILES string of the molecule is O=C(CCCSSc1ccc([N+](=O)[O-])cn1)OC(=O)CCC(=NS(=O)(=O)O)OC(=O)CCCSSc1ccc([N+](=O)[O-])cn1. The van der Waals surface area contributed by atoms with Gasteiger partial charge in [-0.1, -0.05) is 21.6 Å². The number of hydrogen-bond donors (Lipinski definition) is 1. The van der Waals surface area contributed by atoms with E-state index in [1.54, 1.807) is 0 Å². The molecule has 0 amide bonds. The fraction of sp³-hybridized carbons (Fsp3) is 0.364. The predicted molar refractivity (Wildman–Crippen MR) is 162 cm³/mol. The molecule has 44 heavy (non-hydrogen) atoms. The van der Waals surface area contributed by atoms with Gasteiger partial charge in [0, 0.05) is 42.9 Å². The van der Waals surface area contributed by atoms with Gasteiger partial charge < -0.3 is 9.47 Å². The van der Waals surface area contributed by atoms with Crippen molar-refractivity contribution in [2.45, 2.75) is 48.6 Å². The number of ether oxygens (including phenoxy) is 2. The van der Waals surface area contributed by atoms with Crippen LogP contribution in [0.4, 0.5) is 11.4 Å². The molecule has 0 fully saturated rings. The number of nitrogens with zero attached hydrogens (tertiary/aromatic N) is 5. The Morgan fingerprint density at radius 2 is 1.23 bits per heavy atom. The lowest BCUT2D eigenvalue weighted by atomic mass is 10.3. The van der Waals surface area contributed by atoms with Gasteiger partial charge >= 0.3 is 28.2 Å². The van der Waals surface area contributed by atoms with Crippen LogP contribution in [-0.2, 0) is 34.2 Å². The molecule has 0 bridgehead atoms. The Morgan fingerprint density at radius 1 is 0.773 bits per heavy atom. The molecule has 2 rings (SSSR count). The topological polar surface area (TPSA) is 248 Å². The number of aromatic nitrogens is 2. The Kier molecular flexibility index (Phi) is 16.1. The second kappa shape index (κ2) is 19.2. The molecule has 2 heterocycles. The van der Waals surface area contributed by atoms with Crippen LogP contribution in [0.1, 0.15) is 38.5 Å². The molecule has 0 aromatic carbocycles. The Labute approximate surface area is 265 Å². The molecule has 0 saturated heterocycles. The zero-order valence-electron chi connectivity index (χ0n) is 22.3. The summed E-state index contributed by atoms with van der Waals surface area (Å²) in [7, 11) is 0.173. The van der Waals surface area contributed by atoms with Crippen molar-refractivity contribution in [3.63, 3.8) is 0 Å². The van der Waals surface area contributed by atoms with Crippen molar-refractivity contribution < 1.29 is 46.7 Å². The third kappa shape index (κ3) is 16.0. The molecule has 0 saturated carbocycles. The first-order valence-corrected chi connectivity index (χ1v) is 18.2. The van der Waals surface area contributed by atoms with E-state index in [-0.39, 0.29) is 24.2 Å². The lowest BCUT2D eigenvalue weighted by molar-refractivity contribution is -0.385. The third-order valence-corrected chi connectivity index (χ3v) is 9.73. The summed E-state index contributed by atoms with van der Waals surface area (Å²) in [5.74, 6) is -2.60. The van der Waals surface area contributed by atoms with E-state index in [0.29, 0.717) is 34.4 Å². The van der Waals surface area contributed by atoms with E-state index in [0.717, 1.165) is 12.4 Å². The highest BCUT2D eigenvalue weighted by atomic mass is 33.1. The number of pyridine rings is 2. The molecular formula is C22H23N5O12S5. The number of carbonyl (C=O) groups excluding carboxylic acids is 3. The molecular weight excluding hydrogens is 687 g/mol. The van der Waals surface area contributed by atoms with E-state index in [2.05, 4.69) is 19.1 Å². The Bertz CT molecular complexity index is 1460. The van der Waals surface area contributed by atoms with E-state index in [9.17, 15) is 43.0 Å². The van der Waals surface area contributed by atoms with Crippen molar-refractivity contribution in [1.82, 2.24) is 9.97 Å². The maximum Gasteiger partial charge on any atom is 0.381 e. The lowest BCUT2D eigenvalue weighted by Crippen LogP contribution is -2.18. The fourth-order valence-electron chi connectivity index (χ4n) is 2.68. The number of rotatable bonds is 18. The molecule has 238 valence electrons. The zero-order chi connectivity index (χ0) is 32.5. The van der Waals surface area contributed by atoms with E-state index in [1.807, 2.05) is 0 Å². The van der Waals surface area contributed by atoms with Gasteiger partial charge in [0.25, 0.3) is 11.4 Å². The van der Waals surface area contributed by atoms with Crippen molar-refractivity contribution in [3.8, 4) is 0 Å². The van der Waals surface area contributed by atoms with Crippen LogP contribution in [0.5, 0.6) is 0 Å². The van der Waals surface area contributed by atoms with Crippen LogP contribution in [0.15, 0.2) is 51.1 Å². The summed E-state index contributed by atoms with van der Waals surface area (Å²) in [6.45, 7) is 0. The Balaban J connectivity index is 1.66. The van der Waals surface area contributed by atoms with Crippen LogP contribution in [0.25, 0.3) is 0 Å². The second-order valence-corrected chi connectivity index (χ2v) is 13.9. The largest absolute Gasteiger partial charge is 0.411 e. The molecule has 0 unspecified atom stereocenters. The summed E-state index contributed by atoms with van der Waals surface area (Å²) in [5.41, 5.74) is -0.283. The van der Waals surface area contributed by atoms with Crippen LogP contribution in [-0.4, -0.2) is 68.1 Å². The van der Waals surface area contributed by atoms with Gasteiger partial charge in [0.2, 0.25) is 5.90 Å². The van der Waals surface area contributed by atoms with Crippen LogP contribution >= 0.6 is 43.2 Å². The smallest absolute Gasteiger partial charge is 0.381 e. The van der Waals surface area contributed by atoms with Gasteiger partial charge in [-0.15, -0.1) is 4.40 Å².